The lowest BCUT2D eigenvalue weighted by Gasteiger charge is -2.13. The van der Waals surface area contributed by atoms with Gasteiger partial charge in [-0.3, -0.25) is 4.79 Å². The minimum Gasteiger partial charge on any atom is -0.346 e. The number of carbonyl (C=O) groups excluding carboxylic acids is 1. The summed E-state index contributed by atoms with van der Waals surface area (Å²) in [4.78, 5) is 12.5. The lowest BCUT2D eigenvalue weighted by molar-refractivity contribution is -0.127. The second-order valence-electron chi connectivity index (χ2n) is 2.70. The van der Waals surface area contributed by atoms with Crippen LogP contribution < -0.4 is 5.73 Å². The van der Waals surface area contributed by atoms with Gasteiger partial charge in [0.2, 0.25) is 5.91 Å². The van der Waals surface area contributed by atoms with Crippen LogP contribution in [0.25, 0.3) is 0 Å². The minimum atomic E-state index is 0.138. The van der Waals surface area contributed by atoms with Gasteiger partial charge in [0, 0.05) is 32.8 Å². The summed E-state index contributed by atoms with van der Waals surface area (Å²) in [5, 5.41) is 0. The Kier molecular flexibility index (Phi) is 7.29. The predicted octanol–water partition coefficient (Wildman–Crippen LogP) is 0.547. The molecule has 12 heavy (non-hydrogen) atoms. The highest BCUT2D eigenvalue weighted by Gasteiger charge is 1.99. The van der Waals surface area contributed by atoms with Crippen molar-refractivity contribution in [2.45, 2.75) is 13.3 Å². The molecular formula is C8H18N2OS. The molecule has 0 aromatic carbocycles. The van der Waals surface area contributed by atoms with Crippen LogP contribution in [0.3, 0.4) is 0 Å². The van der Waals surface area contributed by atoms with E-state index in [0.29, 0.717) is 0 Å². The average Bonchev–Trinajstić information content (AvgIpc) is 2.03. The van der Waals surface area contributed by atoms with Crippen molar-refractivity contribution in [1.82, 2.24) is 4.90 Å². The van der Waals surface area contributed by atoms with Crippen molar-refractivity contribution >= 4 is 17.7 Å². The maximum atomic E-state index is 10.8. The fraction of sp³-hybridized carbons (Fsp3) is 0.875. The summed E-state index contributed by atoms with van der Waals surface area (Å²) in [6.45, 7) is 3.19. The van der Waals surface area contributed by atoms with E-state index in [1.54, 1.807) is 11.8 Å². The number of rotatable bonds is 6. The Morgan fingerprint density at radius 1 is 1.50 bits per heavy atom. The zero-order chi connectivity index (χ0) is 9.40. The van der Waals surface area contributed by atoms with E-state index >= 15 is 0 Å². The highest BCUT2D eigenvalue weighted by molar-refractivity contribution is 7.99. The van der Waals surface area contributed by atoms with Gasteiger partial charge in [-0.05, 0) is 12.2 Å². The molecule has 0 aliphatic heterocycles. The van der Waals surface area contributed by atoms with E-state index in [4.69, 9.17) is 5.73 Å². The molecule has 4 heteroatoms. The molecule has 0 radical (unpaired) electrons. The van der Waals surface area contributed by atoms with Crippen molar-refractivity contribution in [2.24, 2.45) is 5.73 Å². The predicted molar refractivity (Wildman–Crippen MR) is 54.3 cm³/mol. The van der Waals surface area contributed by atoms with Crippen molar-refractivity contribution in [3.05, 3.63) is 0 Å². The van der Waals surface area contributed by atoms with Crippen LogP contribution in [-0.4, -0.2) is 42.4 Å². The maximum absolute atomic E-state index is 10.8. The number of nitrogens with zero attached hydrogens (tertiary/aromatic N) is 1. The molecular weight excluding hydrogens is 172 g/mol. The van der Waals surface area contributed by atoms with E-state index in [1.165, 1.54) is 0 Å². The SMILES string of the molecule is CC(=O)N(C)CCCSCCN. The van der Waals surface area contributed by atoms with Crippen molar-refractivity contribution < 1.29 is 4.79 Å². The number of hydrogen-bond donors (Lipinski definition) is 1. The monoisotopic (exact) mass is 190 g/mol. The molecule has 0 aromatic rings. The Morgan fingerprint density at radius 3 is 2.67 bits per heavy atom. The molecule has 0 aliphatic carbocycles. The minimum absolute atomic E-state index is 0.138. The number of amides is 1. The van der Waals surface area contributed by atoms with Crippen molar-refractivity contribution in [1.29, 1.82) is 0 Å². The maximum Gasteiger partial charge on any atom is 0.219 e. The van der Waals surface area contributed by atoms with Gasteiger partial charge in [-0.2, -0.15) is 11.8 Å². The second kappa shape index (κ2) is 7.43. The molecule has 0 heterocycles. The van der Waals surface area contributed by atoms with Crippen LogP contribution in [0, 0.1) is 0 Å². The van der Waals surface area contributed by atoms with E-state index in [0.717, 1.165) is 31.0 Å². The highest BCUT2D eigenvalue weighted by Crippen LogP contribution is 2.01. The van der Waals surface area contributed by atoms with Crippen LogP contribution in [0.15, 0.2) is 0 Å². The van der Waals surface area contributed by atoms with Crippen molar-refractivity contribution in [3.8, 4) is 0 Å². The third kappa shape index (κ3) is 6.49. The molecule has 1 amide bonds. The average molecular weight is 190 g/mol. The molecule has 0 fully saturated rings. The summed E-state index contributed by atoms with van der Waals surface area (Å²) in [5.74, 6) is 2.25. The standard InChI is InChI=1S/C8H18N2OS/c1-8(11)10(2)5-3-6-12-7-4-9/h3-7,9H2,1-2H3. The van der Waals surface area contributed by atoms with E-state index < -0.39 is 0 Å². The fourth-order valence-electron chi connectivity index (χ4n) is 0.747. The Bertz CT molecular complexity index is 130. The number of carbonyl (C=O) groups is 1. The van der Waals surface area contributed by atoms with Gasteiger partial charge in [0.15, 0.2) is 0 Å². The van der Waals surface area contributed by atoms with Gasteiger partial charge in [-0.15, -0.1) is 0 Å². The molecule has 0 atom stereocenters. The zero-order valence-corrected chi connectivity index (χ0v) is 8.69. The lowest BCUT2D eigenvalue weighted by atomic mass is 10.4. The van der Waals surface area contributed by atoms with Gasteiger partial charge in [0.1, 0.15) is 0 Å². The number of thioether (sulfide) groups is 1. The first-order valence-electron chi connectivity index (χ1n) is 4.18. The first-order chi connectivity index (χ1) is 5.68. The van der Waals surface area contributed by atoms with Crippen LogP contribution in [0.2, 0.25) is 0 Å². The van der Waals surface area contributed by atoms with Crippen LogP contribution >= 0.6 is 11.8 Å². The summed E-state index contributed by atoms with van der Waals surface area (Å²) in [7, 11) is 1.83. The molecule has 0 bridgehead atoms. The van der Waals surface area contributed by atoms with Gasteiger partial charge in [0.05, 0.1) is 0 Å². The largest absolute Gasteiger partial charge is 0.346 e. The van der Waals surface area contributed by atoms with Gasteiger partial charge in [-0.1, -0.05) is 0 Å². The van der Waals surface area contributed by atoms with Crippen molar-refractivity contribution in [2.75, 3.05) is 31.6 Å². The van der Waals surface area contributed by atoms with E-state index in [1.807, 2.05) is 18.8 Å². The summed E-state index contributed by atoms with van der Waals surface area (Å²) in [6, 6.07) is 0. The summed E-state index contributed by atoms with van der Waals surface area (Å²) >= 11 is 1.84. The molecule has 3 nitrogen and oxygen atoms in total. The van der Waals surface area contributed by atoms with E-state index in [-0.39, 0.29) is 5.91 Å². The topological polar surface area (TPSA) is 46.3 Å². The Hall–Kier alpha value is -0.220. The zero-order valence-electron chi connectivity index (χ0n) is 7.88. The molecule has 0 saturated heterocycles. The Morgan fingerprint density at radius 2 is 2.17 bits per heavy atom. The third-order valence-corrected chi connectivity index (χ3v) is 2.68. The Labute approximate surface area is 78.7 Å². The molecule has 72 valence electrons. The highest BCUT2D eigenvalue weighted by atomic mass is 32.2. The van der Waals surface area contributed by atoms with Gasteiger partial charge in [-0.25, -0.2) is 0 Å². The van der Waals surface area contributed by atoms with Crippen LogP contribution in [0.1, 0.15) is 13.3 Å². The summed E-state index contributed by atoms with van der Waals surface area (Å²) < 4.78 is 0. The molecule has 0 saturated carbocycles. The van der Waals surface area contributed by atoms with Crippen LogP contribution in [-0.2, 0) is 4.79 Å². The third-order valence-electron chi connectivity index (χ3n) is 1.58. The first kappa shape index (κ1) is 11.8. The molecule has 0 aliphatic rings. The quantitative estimate of drug-likeness (QED) is 0.622. The first-order valence-corrected chi connectivity index (χ1v) is 5.33. The summed E-state index contributed by atoms with van der Waals surface area (Å²) in [6.07, 6.45) is 1.06. The molecule has 0 spiro atoms. The Balaban J connectivity index is 3.14. The normalized spacial score (nSPS) is 9.92. The van der Waals surface area contributed by atoms with E-state index in [9.17, 15) is 4.79 Å². The fourth-order valence-corrected chi connectivity index (χ4v) is 1.45. The molecule has 0 aromatic heterocycles. The van der Waals surface area contributed by atoms with E-state index in [2.05, 4.69) is 0 Å². The summed E-state index contributed by atoms with van der Waals surface area (Å²) in [5.41, 5.74) is 5.33. The molecule has 0 rings (SSSR count). The number of hydrogen-bond acceptors (Lipinski definition) is 3. The van der Waals surface area contributed by atoms with Gasteiger partial charge in [0.25, 0.3) is 0 Å². The van der Waals surface area contributed by atoms with Crippen LogP contribution in [0.5, 0.6) is 0 Å². The molecule has 2 N–H and O–H groups in total. The van der Waals surface area contributed by atoms with Gasteiger partial charge >= 0.3 is 0 Å². The van der Waals surface area contributed by atoms with Gasteiger partial charge < -0.3 is 10.6 Å². The van der Waals surface area contributed by atoms with Crippen molar-refractivity contribution in [3.63, 3.8) is 0 Å². The lowest BCUT2D eigenvalue weighted by Crippen LogP contribution is -2.25. The smallest absolute Gasteiger partial charge is 0.219 e. The molecule has 0 unspecified atom stereocenters. The van der Waals surface area contributed by atoms with Crippen LogP contribution in [0.4, 0.5) is 0 Å². The number of nitrogens with two attached hydrogens (primary N) is 1. The second-order valence-corrected chi connectivity index (χ2v) is 3.92.